The van der Waals surface area contributed by atoms with Crippen LogP contribution in [-0.2, 0) is 14.8 Å². The van der Waals surface area contributed by atoms with E-state index in [4.69, 9.17) is 9.47 Å². The van der Waals surface area contributed by atoms with Crippen molar-refractivity contribution in [1.82, 2.24) is 14.1 Å². The zero-order valence-electron chi connectivity index (χ0n) is 17.0. The van der Waals surface area contributed by atoms with Gasteiger partial charge in [-0.05, 0) is 38.4 Å². The molecule has 2 aliphatic heterocycles. The van der Waals surface area contributed by atoms with Gasteiger partial charge in [0.05, 0.1) is 19.1 Å². The SMILES string of the molecule is COc1cc(C)c(S(=O)(=O)N2CCC[C@@H]2C(=O)N2CCN(C)CC2)cc1OC. The van der Waals surface area contributed by atoms with Gasteiger partial charge in [0, 0.05) is 38.8 Å². The highest BCUT2D eigenvalue weighted by molar-refractivity contribution is 7.89. The van der Waals surface area contributed by atoms with Crippen molar-refractivity contribution in [2.24, 2.45) is 0 Å². The van der Waals surface area contributed by atoms with Crippen molar-refractivity contribution in [2.75, 3.05) is 54.0 Å². The molecule has 0 aliphatic carbocycles. The number of likely N-dealkylation sites (N-methyl/N-ethyl adjacent to an activating group) is 1. The fraction of sp³-hybridized carbons (Fsp3) is 0.632. The molecule has 0 N–H and O–H groups in total. The van der Waals surface area contributed by atoms with Crippen LogP contribution in [0.2, 0.25) is 0 Å². The molecule has 3 rings (SSSR count). The quantitative estimate of drug-likeness (QED) is 0.718. The summed E-state index contributed by atoms with van der Waals surface area (Å²) >= 11 is 0. The number of methoxy groups -OCH3 is 2. The lowest BCUT2D eigenvalue weighted by Gasteiger charge is -2.35. The van der Waals surface area contributed by atoms with Crippen LogP contribution in [0.4, 0.5) is 0 Å². The number of rotatable bonds is 5. The molecule has 1 atom stereocenters. The summed E-state index contributed by atoms with van der Waals surface area (Å²) < 4.78 is 38.8. The van der Waals surface area contributed by atoms with E-state index in [0.717, 1.165) is 13.1 Å². The molecule has 1 aromatic rings. The van der Waals surface area contributed by atoms with Gasteiger partial charge in [-0.15, -0.1) is 0 Å². The summed E-state index contributed by atoms with van der Waals surface area (Å²) in [4.78, 5) is 17.2. The van der Waals surface area contributed by atoms with E-state index in [1.807, 2.05) is 7.05 Å². The molecule has 0 radical (unpaired) electrons. The highest BCUT2D eigenvalue weighted by Crippen LogP contribution is 2.35. The van der Waals surface area contributed by atoms with Crippen LogP contribution in [-0.4, -0.2) is 88.5 Å². The van der Waals surface area contributed by atoms with E-state index in [1.165, 1.54) is 24.6 Å². The molecule has 28 heavy (non-hydrogen) atoms. The fourth-order valence-electron chi connectivity index (χ4n) is 3.88. The monoisotopic (exact) mass is 411 g/mol. The summed E-state index contributed by atoms with van der Waals surface area (Å²) in [6.07, 6.45) is 1.23. The molecule has 0 spiro atoms. The highest BCUT2D eigenvalue weighted by Gasteiger charge is 2.42. The average Bonchev–Trinajstić information content (AvgIpc) is 3.18. The predicted octanol–water partition coefficient (Wildman–Crippen LogP) is 0.939. The van der Waals surface area contributed by atoms with Crippen LogP contribution in [0.25, 0.3) is 0 Å². The van der Waals surface area contributed by atoms with E-state index in [-0.39, 0.29) is 10.8 Å². The number of hydrogen-bond acceptors (Lipinski definition) is 6. The Balaban J connectivity index is 1.89. The number of benzene rings is 1. The van der Waals surface area contributed by atoms with E-state index in [1.54, 1.807) is 17.9 Å². The Bertz CT molecular complexity index is 834. The number of sulfonamides is 1. The molecule has 9 heteroatoms. The molecule has 8 nitrogen and oxygen atoms in total. The number of nitrogens with zero attached hydrogens (tertiary/aromatic N) is 3. The first-order valence-corrected chi connectivity index (χ1v) is 11.0. The predicted molar refractivity (Wildman–Crippen MR) is 105 cm³/mol. The Labute approximate surface area is 167 Å². The summed E-state index contributed by atoms with van der Waals surface area (Å²) in [6.45, 7) is 4.95. The van der Waals surface area contributed by atoms with Gasteiger partial charge in [-0.2, -0.15) is 4.31 Å². The van der Waals surface area contributed by atoms with Crippen LogP contribution in [0.1, 0.15) is 18.4 Å². The molecule has 0 saturated carbocycles. The highest BCUT2D eigenvalue weighted by atomic mass is 32.2. The average molecular weight is 412 g/mol. The van der Waals surface area contributed by atoms with Crippen LogP contribution < -0.4 is 9.47 Å². The molecular weight excluding hydrogens is 382 g/mol. The molecule has 2 heterocycles. The molecular formula is C19H29N3O5S. The van der Waals surface area contributed by atoms with Gasteiger partial charge in [0.25, 0.3) is 0 Å². The van der Waals surface area contributed by atoms with Crippen LogP contribution in [0.3, 0.4) is 0 Å². The maximum atomic E-state index is 13.4. The van der Waals surface area contributed by atoms with E-state index in [0.29, 0.717) is 49.5 Å². The van der Waals surface area contributed by atoms with Gasteiger partial charge in [0.1, 0.15) is 6.04 Å². The first-order chi connectivity index (χ1) is 13.3. The van der Waals surface area contributed by atoms with E-state index >= 15 is 0 Å². The van der Waals surface area contributed by atoms with Gasteiger partial charge >= 0.3 is 0 Å². The number of aryl methyl sites for hydroxylation is 1. The molecule has 2 aliphatic rings. The van der Waals surface area contributed by atoms with Gasteiger partial charge in [-0.3, -0.25) is 4.79 Å². The van der Waals surface area contributed by atoms with Crippen molar-refractivity contribution in [1.29, 1.82) is 0 Å². The van der Waals surface area contributed by atoms with Gasteiger partial charge in [0.15, 0.2) is 11.5 Å². The van der Waals surface area contributed by atoms with Crippen molar-refractivity contribution in [3.05, 3.63) is 17.7 Å². The van der Waals surface area contributed by atoms with Crippen molar-refractivity contribution in [2.45, 2.75) is 30.7 Å². The summed E-state index contributed by atoms with van der Waals surface area (Å²) in [5.74, 6) is 0.741. The molecule has 1 aromatic carbocycles. The Morgan fingerprint density at radius 1 is 1.04 bits per heavy atom. The lowest BCUT2D eigenvalue weighted by molar-refractivity contribution is -0.136. The summed E-state index contributed by atoms with van der Waals surface area (Å²) in [5, 5.41) is 0. The smallest absolute Gasteiger partial charge is 0.244 e. The lowest BCUT2D eigenvalue weighted by atomic mass is 10.2. The Kier molecular flexibility index (Phi) is 6.16. The Morgan fingerprint density at radius 3 is 2.25 bits per heavy atom. The summed E-state index contributed by atoms with van der Waals surface area (Å²) in [6, 6.07) is 2.50. The molecule has 0 bridgehead atoms. The van der Waals surface area contributed by atoms with Gasteiger partial charge in [-0.25, -0.2) is 8.42 Å². The summed E-state index contributed by atoms with van der Waals surface area (Å²) in [7, 11) is 1.17. The lowest BCUT2D eigenvalue weighted by Crippen LogP contribution is -2.53. The molecule has 2 fully saturated rings. The maximum Gasteiger partial charge on any atom is 0.244 e. The van der Waals surface area contributed by atoms with Gasteiger partial charge in [0.2, 0.25) is 15.9 Å². The van der Waals surface area contributed by atoms with E-state index in [2.05, 4.69) is 4.90 Å². The molecule has 0 aromatic heterocycles. The molecule has 1 amide bonds. The first kappa shape index (κ1) is 20.9. The molecule has 156 valence electrons. The number of amides is 1. The number of piperazine rings is 1. The van der Waals surface area contributed by atoms with Gasteiger partial charge < -0.3 is 19.3 Å². The minimum absolute atomic E-state index is 0.0905. The van der Waals surface area contributed by atoms with Crippen molar-refractivity contribution in [3.8, 4) is 11.5 Å². The second kappa shape index (κ2) is 8.26. The van der Waals surface area contributed by atoms with Crippen LogP contribution in [0.5, 0.6) is 11.5 Å². The third-order valence-electron chi connectivity index (χ3n) is 5.57. The van der Waals surface area contributed by atoms with Crippen molar-refractivity contribution < 1.29 is 22.7 Å². The van der Waals surface area contributed by atoms with Gasteiger partial charge in [-0.1, -0.05) is 0 Å². The topological polar surface area (TPSA) is 79.4 Å². The minimum atomic E-state index is -3.83. The standard InChI is InChI=1S/C19H29N3O5S/c1-14-12-16(26-3)17(27-4)13-18(14)28(24,25)22-7-5-6-15(22)19(23)21-10-8-20(2)9-11-21/h12-13,15H,5-11H2,1-4H3/t15-/m1/s1. The van der Waals surface area contributed by atoms with Crippen molar-refractivity contribution in [3.63, 3.8) is 0 Å². The van der Waals surface area contributed by atoms with E-state index in [9.17, 15) is 13.2 Å². The van der Waals surface area contributed by atoms with Crippen LogP contribution in [0, 0.1) is 6.92 Å². The number of ether oxygens (including phenoxy) is 2. The second-order valence-electron chi connectivity index (χ2n) is 7.38. The van der Waals surface area contributed by atoms with Crippen molar-refractivity contribution >= 4 is 15.9 Å². The zero-order valence-corrected chi connectivity index (χ0v) is 17.8. The minimum Gasteiger partial charge on any atom is -0.493 e. The summed E-state index contributed by atoms with van der Waals surface area (Å²) in [5.41, 5.74) is 0.565. The number of hydrogen-bond donors (Lipinski definition) is 0. The second-order valence-corrected chi connectivity index (χ2v) is 9.23. The normalized spacial score (nSPS) is 21.7. The molecule has 0 unspecified atom stereocenters. The van der Waals surface area contributed by atoms with Crippen LogP contribution in [0.15, 0.2) is 17.0 Å². The first-order valence-electron chi connectivity index (χ1n) is 9.51. The Hall–Kier alpha value is -1.84. The maximum absolute atomic E-state index is 13.4. The number of carbonyl (C=O) groups is 1. The number of carbonyl (C=O) groups excluding carboxylic acids is 1. The third-order valence-corrected chi connectivity index (χ3v) is 7.62. The third kappa shape index (κ3) is 3.83. The van der Waals surface area contributed by atoms with E-state index < -0.39 is 16.1 Å². The largest absolute Gasteiger partial charge is 0.493 e. The molecule has 2 saturated heterocycles. The Morgan fingerprint density at radius 2 is 1.64 bits per heavy atom. The zero-order chi connectivity index (χ0) is 20.5. The fourth-order valence-corrected chi connectivity index (χ4v) is 5.75. The van der Waals surface area contributed by atoms with Crippen LogP contribution >= 0.6 is 0 Å².